The van der Waals surface area contributed by atoms with Gasteiger partial charge in [0, 0.05) is 11.3 Å². The maximum absolute atomic E-state index is 12.4. The third-order valence-electron chi connectivity index (χ3n) is 2.92. The van der Waals surface area contributed by atoms with Crippen LogP contribution < -0.4 is 4.72 Å². The molecule has 8 heteroatoms. The van der Waals surface area contributed by atoms with Gasteiger partial charge in [-0.25, -0.2) is 17.9 Å². The van der Waals surface area contributed by atoms with Crippen molar-refractivity contribution in [1.29, 1.82) is 0 Å². The molecule has 0 fully saturated rings. The number of carbonyl (C=O) groups excluding carboxylic acids is 1. The van der Waals surface area contributed by atoms with Gasteiger partial charge in [-0.1, -0.05) is 0 Å². The molecule has 1 heterocycles. The van der Waals surface area contributed by atoms with Gasteiger partial charge in [0.2, 0.25) is 10.0 Å². The summed E-state index contributed by atoms with van der Waals surface area (Å²) in [5.41, 5.74) is -0.237. The van der Waals surface area contributed by atoms with Crippen molar-refractivity contribution in [2.45, 2.75) is 45.1 Å². The summed E-state index contributed by atoms with van der Waals surface area (Å²) in [6.07, 6.45) is 0. The van der Waals surface area contributed by atoms with E-state index in [1.165, 1.54) is 6.92 Å². The lowest BCUT2D eigenvalue weighted by Crippen LogP contribution is -2.46. The second-order valence-electron chi connectivity index (χ2n) is 5.45. The van der Waals surface area contributed by atoms with Crippen LogP contribution in [-0.2, 0) is 14.8 Å². The lowest BCUT2D eigenvalue weighted by atomic mass is 10.1. The molecule has 0 atom stereocenters. The number of hydrogen-bond donors (Lipinski definition) is 3. The third kappa shape index (κ3) is 3.84. The highest BCUT2D eigenvalue weighted by Crippen LogP contribution is 2.24. The van der Waals surface area contributed by atoms with E-state index in [1.807, 2.05) is 0 Å². The molecular formula is C13H22N2O5S. The number of sulfonamides is 1. The van der Waals surface area contributed by atoms with Crippen molar-refractivity contribution in [2.24, 2.45) is 0 Å². The normalized spacial score (nSPS) is 12.5. The smallest absolute Gasteiger partial charge is 0.355 e. The molecule has 0 bridgehead atoms. The molecule has 120 valence electrons. The first-order chi connectivity index (χ1) is 9.55. The van der Waals surface area contributed by atoms with Crippen molar-refractivity contribution < 1.29 is 23.1 Å². The van der Waals surface area contributed by atoms with E-state index in [-0.39, 0.29) is 23.8 Å². The SMILES string of the molecule is CCOC(=O)c1[nH]c(C)c(S(=O)(=O)NC(C)(C)CO)c1C. The van der Waals surface area contributed by atoms with E-state index in [2.05, 4.69) is 9.71 Å². The largest absolute Gasteiger partial charge is 0.461 e. The van der Waals surface area contributed by atoms with Gasteiger partial charge in [-0.2, -0.15) is 0 Å². The van der Waals surface area contributed by atoms with Gasteiger partial charge in [0.15, 0.2) is 0 Å². The van der Waals surface area contributed by atoms with Crippen LogP contribution in [0.25, 0.3) is 0 Å². The van der Waals surface area contributed by atoms with Gasteiger partial charge in [0.25, 0.3) is 0 Å². The first kappa shape index (κ1) is 17.7. The van der Waals surface area contributed by atoms with Crippen LogP contribution in [0.2, 0.25) is 0 Å². The quantitative estimate of drug-likeness (QED) is 0.674. The minimum Gasteiger partial charge on any atom is -0.461 e. The van der Waals surface area contributed by atoms with Crippen LogP contribution in [0.15, 0.2) is 4.90 Å². The fourth-order valence-electron chi connectivity index (χ4n) is 1.99. The van der Waals surface area contributed by atoms with Crippen LogP contribution in [0, 0.1) is 13.8 Å². The van der Waals surface area contributed by atoms with E-state index in [0.29, 0.717) is 11.3 Å². The number of aromatic amines is 1. The van der Waals surface area contributed by atoms with Gasteiger partial charge in [-0.05, 0) is 34.6 Å². The number of nitrogens with one attached hydrogen (secondary N) is 2. The third-order valence-corrected chi connectivity index (χ3v) is 4.89. The maximum atomic E-state index is 12.4. The lowest BCUT2D eigenvalue weighted by Gasteiger charge is -2.23. The lowest BCUT2D eigenvalue weighted by molar-refractivity contribution is 0.0519. The molecule has 0 aliphatic carbocycles. The molecule has 1 rings (SSSR count). The van der Waals surface area contributed by atoms with Gasteiger partial charge >= 0.3 is 5.97 Å². The van der Waals surface area contributed by atoms with Crippen LogP contribution in [-0.4, -0.2) is 43.2 Å². The average molecular weight is 318 g/mol. The summed E-state index contributed by atoms with van der Waals surface area (Å²) in [7, 11) is -3.87. The van der Waals surface area contributed by atoms with Crippen LogP contribution in [0.5, 0.6) is 0 Å². The standard InChI is InChI=1S/C13H22N2O5S/c1-6-20-12(17)10-8(2)11(9(3)14-10)21(18,19)15-13(4,5)7-16/h14-16H,6-7H2,1-5H3. The summed E-state index contributed by atoms with van der Waals surface area (Å²) in [4.78, 5) is 14.5. The predicted octanol–water partition coefficient (Wildman–Crippen LogP) is 0.857. The second-order valence-corrected chi connectivity index (χ2v) is 7.07. The van der Waals surface area contributed by atoms with Crippen molar-refractivity contribution in [3.05, 3.63) is 17.0 Å². The van der Waals surface area contributed by atoms with Crippen LogP contribution >= 0.6 is 0 Å². The minimum atomic E-state index is -3.87. The highest BCUT2D eigenvalue weighted by atomic mass is 32.2. The Labute approximate surface area is 124 Å². The molecule has 0 aromatic carbocycles. The zero-order valence-corrected chi connectivity index (χ0v) is 13.7. The molecule has 21 heavy (non-hydrogen) atoms. The zero-order valence-electron chi connectivity index (χ0n) is 12.9. The summed E-state index contributed by atoms with van der Waals surface area (Å²) in [6.45, 7) is 7.76. The molecule has 0 saturated heterocycles. The Morgan fingerprint density at radius 3 is 2.43 bits per heavy atom. The van der Waals surface area contributed by atoms with Crippen molar-refractivity contribution >= 4 is 16.0 Å². The van der Waals surface area contributed by atoms with E-state index in [4.69, 9.17) is 4.74 Å². The number of aliphatic hydroxyl groups is 1. The Morgan fingerprint density at radius 1 is 1.38 bits per heavy atom. The molecule has 0 radical (unpaired) electrons. The first-order valence-electron chi connectivity index (χ1n) is 6.57. The summed E-state index contributed by atoms with van der Waals surface area (Å²) in [6, 6.07) is 0. The molecule has 3 N–H and O–H groups in total. The van der Waals surface area contributed by atoms with Gasteiger partial charge in [-0.3, -0.25) is 0 Å². The fourth-order valence-corrected chi connectivity index (χ4v) is 3.84. The summed E-state index contributed by atoms with van der Waals surface area (Å²) < 4.78 is 32.2. The first-order valence-corrected chi connectivity index (χ1v) is 8.05. The summed E-state index contributed by atoms with van der Waals surface area (Å²) in [5.74, 6) is -0.596. The molecule has 0 spiro atoms. The number of H-pyrrole nitrogens is 1. The van der Waals surface area contributed by atoms with Gasteiger partial charge < -0.3 is 14.8 Å². The van der Waals surface area contributed by atoms with Crippen molar-refractivity contribution in [1.82, 2.24) is 9.71 Å². The summed E-state index contributed by atoms with van der Waals surface area (Å²) >= 11 is 0. The summed E-state index contributed by atoms with van der Waals surface area (Å²) in [5, 5.41) is 9.20. The number of hydrogen-bond acceptors (Lipinski definition) is 5. The molecule has 1 aromatic heterocycles. The molecule has 0 aliphatic heterocycles. The van der Waals surface area contributed by atoms with Crippen molar-refractivity contribution in [3.8, 4) is 0 Å². The molecule has 1 aromatic rings. The number of aromatic nitrogens is 1. The molecule has 0 aliphatic rings. The van der Waals surface area contributed by atoms with E-state index in [0.717, 1.165) is 0 Å². The Morgan fingerprint density at radius 2 is 1.95 bits per heavy atom. The van der Waals surface area contributed by atoms with Crippen molar-refractivity contribution in [2.75, 3.05) is 13.2 Å². The topological polar surface area (TPSA) is 108 Å². The average Bonchev–Trinajstić information content (AvgIpc) is 2.64. The van der Waals surface area contributed by atoms with Crippen LogP contribution in [0.1, 0.15) is 42.5 Å². The Hall–Kier alpha value is -1.38. The molecule has 0 unspecified atom stereocenters. The number of aryl methyl sites for hydroxylation is 1. The van der Waals surface area contributed by atoms with Crippen molar-refractivity contribution in [3.63, 3.8) is 0 Å². The molecular weight excluding hydrogens is 296 g/mol. The number of rotatable bonds is 6. The fraction of sp³-hybridized carbons (Fsp3) is 0.615. The minimum absolute atomic E-state index is 0.00655. The molecule has 0 amide bonds. The molecule has 0 saturated carbocycles. The number of carbonyl (C=O) groups is 1. The van der Waals surface area contributed by atoms with E-state index in [9.17, 15) is 18.3 Å². The predicted molar refractivity (Wildman–Crippen MR) is 77.7 cm³/mol. The highest BCUT2D eigenvalue weighted by Gasteiger charge is 2.31. The van der Waals surface area contributed by atoms with E-state index >= 15 is 0 Å². The Kier molecular flexibility index (Phi) is 5.19. The van der Waals surface area contributed by atoms with Gasteiger partial charge in [0.05, 0.1) is 18.8 Å². The van der Waals surface area contributed by atoms with E-state index in [1.54, 1.807) is 27.7 Å². The maximum Gasteiger partial charge on any atom is 0.355 e. The van der Waals surface area contributed by atoms with Crippen LogP contribution in [0.3, 0.4) is 0 Å². The Bertz CT molecular complexity index is 631. The van der Waals surface area contributed by atoms with E-state index < -0.39 is 21.5 Å². The van der Waals surface area contributed by atoms with Gasteiger partial charge in [0.1, 0.15) is 10.6 Å². The van der Waals surface area contributed by atoms with Gasteiger partial charge in [-0.15, -0.1) is 0 Å². The monoisotopic (exact) mass is 318 g/mol. The number of ether oxygens (including phenoxy) is 1. The zero-order chi connectivity index (χ0) is 16.4. The molecule has 7 nitrogen and oxygen atoms in total. The van der Waals surface area contributed by atoms with Crippen LogP contribution in [0.4, 0.5) is 0 Å². The number of esters is 1. The Balaban J connectivity index is 3.29. The highest BCUT2D eigenvalue weighted by molar-refractivity contribution is 7.89. The number of aliphatic hydroxyl groups excluding tert-OH is 1. The second kappa shape index (κ2) is 6.17.